The molecule has 0 fully saturated rings. The smallest absolute Gasteiger partial charge is 0.448 e. The van der Waals surface area contributed by atoms with Crippen molar-refractivity contribution in [2.24, 2.45) is 5.84 Å². The molecule has 0 aromatic heterocycles. The van der Waals surface area contributed by atoms with E-state index in [2.05, 4.69) is 10.6 Å². The highest BCUT2D eigenvalue weighted by molar-refractivity contribution is 5.66. The van der Waals surface area contributed by atoms with E-state index in [1.165, 1.54) is 0 Å². The molecule has 0 saturated carbocycles. The first kappa shape index (κ1) is 30.0. The Bertz CT molecular complexity index is 686. The highest BCUT2D eigenvalue weighted by Gasteiger charge is 2.95. The maximum atomic E-state index is 13.4. The van der Waals surface area contributed by atoms with Crippen LogP contribution in [0.1, 0.15) is 6.42 Å². The van der Waals surface area contributed by atoms with Crippen LogP contribution in [0.4, 0.5) is 79.4 Å². The Hall–Kier alpha value is -1.96. The van der Waals surface area contributed by atoms with Gasteiger partial charge in [-0.25, -0.2) is 10.6 Å². The summed E-state index contributed by atoms with van der Waals surface area (Å²) in [7, 11) is 0. The molecule has 0 aliphatic rings. The molecule has 3 N–H and O–H groups in total. The van der Waals surface area contributed by atoms with Crippen molar-refractivity contribution in [3.05, 3.63) is 0 Å². The van der Waals surface area contributed by atoms with Gasteiger partial charge in [-0.05, 0) is 0 Å². The van der Waals surface area contributed by atoms with Crippen molar-refractivity contribution in [2.45, 2.75) is 54.1 Å². The standard InChI is InChI=1S/C11H7F17N2O2/c12-4(13,1-2-32-3(31)30-29)5(14,15)6(16,17)7(18,19)8(20,21)9(22,23)10(24,25)11(26,27)28/h1-2,29H2,(H,30,31). The Morgan fingerprint density at radius 1 is 0.594 bits per heavy atom. The van der Waals surface area contributed by atoms with Crippen molar-refractivity contribution >= 4 is 6.09 Å². The van der Waals surface area contributed by atoms with E-state index in [1.807, 2.05) is 0 Å². The Kier molecular flexibility index (Phi) is 7.62. The fourth-order valence-corrected chi connectivity index (χ4v) is 1.67. The molecule has 0 aliphatic carbocycles. The van der Waals surface area contributed by atoms with Crippen LogP contribution in [0.5, 0.6) is 0 Å². The monoisotopic (exact) mass is 522 g/mol. The molecule has 0 spiro atoms. The van der Waals surface area contributed by atoms with Gasteiger partial charge < -0.3 is 4.74 Å². The molecule has 32 heavy (non-hydrogen) atoms. The molecule has 0 rings (SSSR count). The Labute approximate surface area is 163 Å². The Morgan fingerprint density at radius 3 is 1.22 bits per heavy atom. The molecular formula is C11H7F17N2O2. The lowest BCUT2D eigenvalue weighted by Gasteiger charge is -2.42. The topological polar surface area (TPSA) is 64.3 Å². The predicted octanol–water partition coefficient (Wildman–Crippen LogP) is 4.99. The highest BCUT2D eigenvalue weighted by atomic mass is 19.4. The lowest BCUT2D eigenvalue weighted by atomic mass is 9.88. The number of hydrogen-bond acceptors (Lipinski definition) is 3. The van der Waals surface area contributed by atoms with Gasteiger partial charge >= 0.3 is 53.7 Å². The predicted molar refractivity (Wildman–Crippen MR) is 64.0 cm³/mol. The van der Waals surface area contributed by atoms with E-state index >= 15 is 0 Å². The molecule has 21 heteroatoms. The summed E-state index contributed by atoms with van der Waals surface area (Å²) in [6.07, 6.45) is -12.6. The number of amides is 1. The third kappa shape index (κ3) is 4.18. The summed E-state index contributed by atoms with van der Waals surface area (Å²) in [4.78, 5) is 10.4. The van der Waals surface area contributed by atoms with Gasteiger partial charge in [0.15, 0.2) is 0 Å². The number of nitrogens with one attached hydrogen (secondary N) is 1. The van der Waals surface area contributed by atoms with Crippen LogP contribution in [0.15, 0.2) is 0 Å². The number of nitrogens with two attached hydrogens (primary N) is 1. The summed E-state index contributed by atoms with van der Waals surface area (Å²) in [5.41, 5.74) is 1.00. The second-order valence-corrected chi connectivity index (χ2v) is 5.68. The van der Waals surface area contributed by atoms with Crippen molar-refractivity contribution < 1.29 is 84.2 Å². The third-order valence-electron chi connectivity index (χ3n) is 3.55. The van der Waals surface area contributed by atoms with Gasteiger partial charge in [-0.15, -0.1) is 0 Å². The fraction of sp³-hybridized carbons (Fsp3) is 0.909. The van der Waals surface area contributed by atoms with Crippen LogP contribution in [0, 0.1) is 0 Å². The van der Waals surface area contributed by atoms with Gasteiger partial charge in [0.2, 0.25) is 0 Å². The van der Waals surface area contributed by atoms with E-state index in [-0.39, 0.29) is 0 Å². The third-order valence-corrected chi connectivity index (χ3v) is 3.55. The summed E-state index contributed by atoms with van der Waals surface area (Å²) in [6.45, 7) is -2.06. The van der Waals surface area contributed by atoms with Gasteiger partial charge in [0.1, 0.15) is 0 Å². The van der Waals surface area contributed by atoms with Crippen molar-refractivity contribution in [1.82, 2.24) is 5.43 Å². The minimum absolute atomic E-state index is 1.00. The highest BCUT2D eigenvalue weighted by Crippen LogP contribution is 2.64. The SMILES string of the molecule is NNC(=O)OCCC(F)(F)C(F)(F)C(F)(F)C(F)(F)C(F)(F)C(F)(F)C(F)(F)C(F)(F)F. The van der Waals surface area contributed by atoms with E-state index in [9.17, 15) is 79.4 Å². The molecular weight excluding hydrogens is 515 g/mol. The van der Waals surface area contributed by atoms with Crippen LogP contribution < -0.4 is 11.3 Å². The normalized spacial score (nSPS) is 15.6. The summed E-state index contributed by atoms with van der Waals surface area (Å²) in [5, 5.41) is 0. The van der Waals surface area contributed by atoms with E-state index in [0.29, 0.717) is 0 Å². The van der Waals surface area contributed by atoms with Gasteiger partial charge in [0.25, 0.3) is 0 Å². The van der Waals surface area contributed by atoms with Gasteiger partial charge in [0, 0.05) is 0 Å². The molecule has 0 aromatic carbocycles. The summed E-state index contributed by atoms with van der Waals surface area (Å²) in [5.74, 6) is -52.6. The number of carbonyl (C=O) groups is 1. The second kappa shape index (κ2) is 8.12. The van der Waals surface area contributed by atoms with Crippen LogP contribution in [-0.4, -0.2) is 60.3 Å². The number of rotatable bonds is 9. The minimum atomic E-state index is -8.68. The largest absolute Gasteiger partial charge is 0.460 e. The lowest BCUT2D eigenvalue weighted by Crippen LogP contribution is -2.74. The number of ether oxygens (including phenoxy) is 1. The van der Waals surface area contributed by atoms with Gasteiger partial charge in [0.05, 0.1) is 13.0 Å². The van der Waals surface area contributed by atoms with Crippen molar-refractivity contribution in [2.75, 3.05) is 6.61 Å². The zero-order valence-corrected chi connectivity index (χ0v) is 14.2. The van der Waals surface area contributed by atoms with Crippen molar-refractivity contribution in [3.8, 4) is 0 Å². The van der Waals surface area contributed by atoms with E-state index in [0.717, 1.165) is 5.43 Å². The van der Waals surface area contributed by atoms with Crippen LogP contribution in [0.25, 0.3) is 0 Å². The van der Waals surface area contributed by atoms with Crippen molar-refractivity contribution in [3.63, 3.8) is 0 Å². The maximum Gasteiger partial charge on any atom is 0.460 e. The number of alkyl halides is 17. The van der Waals surface area contributed by atoms with Crippen LogP contribution in [-0.2, 0) is 4.74 Å². The molecule has 0 saturated heterocycles. The molecule has 1 amide bonds. The van der Waals surface area contributed by atoms with Gasteiger partial charge in [-0.3, -0.25) is 5.43 Å². The Morgan fingerprint density at radius 2 is 0.906 bits per heavy atom. The van der Waals surface area contributed by atoms with Gasteiger partial charge in [-0.2, -0.15) is 74.6 Å². The molecule has 4 nitrogen and oxygen atoms in total. The molecule has 0 aliphatic heterocycles. The molecule has 0 radical (unpaired) electrons. The summed E-state index contributed by atoms with van der Waals surface area (Å²) >= 11 is 0. The number of hydrazine groups is 1. The average Bonchev–Trinajstić information content (AvgIpc) is 2.59. The first-order valence-electron chi connectivity index (χ1n) is 7.05. The average molecular weight is 522 g/mol. The Balaban J connectivity index is 6.38. The van der Waals surface area contributed by atoms with Crippen LogP contribution >= 0.6 is 0 Å². The zero-order chi connectivity index (χ0) is 26.4. The number of carbonyl (C=O) groups excluding carboxylic acids is 1. The second-order valence-electron chi connectivity index (χ2n) is 5.68. The molecule has 0 unspecified atom stereocenters. The minimum Gasteiger partial charge on any atom is -0.448 e. The van der Waals surface area contributed by atoms with Crippen LogP contribution in [0.2, 0.25) is 0 Å². The molecule has 0 bridgehead atoms. The molecule has 0 heterocycles. The summed E-state index contributed by atoms with van der Waals surface area (Å²) in [6, 6.07) is 0. The molecule has 192 valence electrons. The van der Waals surface area contributed by atoms with E-state index in [1.54, 1.807) is 0 Å². The quantitative estimate of drug-likeness (QED) is 0.194. The first-order chi connectivity index (χ1) is 13.7. The molecule has 0 atom stereocenters. The number of halogens is 17. The number of hydrogen-bond donors (Lipinski definition) is 2. The summed E-state index contributed by atoms with van der Waals surface area (Å²) < 4.78 is 223. The zero-order valence-electron chi connectivity index (χ0n) is 14.2. The first-order valence-corrected chi connectivity index (χ1v) is 7.05. The maximum absolute atomic E-state index is 13.4. The fourth-order valence-electron chi connectivity index (χ4n) is 1.67. The van der Waals surface area contributed by atoms with Crippen LogP contribution in [0.3, 0.4) is 0 Å². The van der Waals surface area contributed by atoms with E-state index in [4.69, 9.17) is 0 Å². The van der Waals surface area contributed by atoms with Gasteiger partial charge in [-0.1, -0.05) is 0 Å². The molecule has 0 aromatic rings. The lowest BCUT2D eigenvalue weighted by molar-refractivity contribution is -0.461. The van der Waals surface area contributed by atoms with E-state index < -0.39 is 66.8 Å². The van der Waals surface area contributed by atoms with Crippen molar-refractivity contribution in [1.29, 1.82) is 0 Å².